The zero-order valence-electron chi connectivity index (χ0n) is 10.1. The van der Waals surface area contributed by atoms with Crippen molar-refractivity contribution < 1.29 is 14.9 Å². The number of nitrogens with one attached hydrogen (secondary N) is 1. The quantitative estimate of drug-likeness (QED) is 0.725. The van der Waals surface area contributed by atoms with E-state index in [9.17, 15) is 5.11 Å². The first-order chi connectivity index (χ1) is 8.69. The Hall–Kier alpha value is -2.36. The first kappa shape index (κ1) is 12.1. The molecule has 4 nitrogen and oxygen atoms in total. The summed E-state index contributed by atoms with van der Waals surface area (Å²) in [6.07, 6.45) is 0. The molecule has 18 heavy (non-hydrogen) atoms. The number of methoxy groups -OCH3 is 1. The van der Waals surface area contributed by atoms with Crippen molar-refractivity contribution in [2.45, 2.75) is 6.54 Å². The Bertz CT molecular complexity index is 523. The van der Waals surface area contributed by atoms with Crippen LogP contribution in [0.3, 0.4) is 0 Å². The van der Waals surface area contributed by atoms with Crippen molar-refractivity contribution in [2.75, 3.05) is 12.4 Å². The number of benzene rings is 2. The summed E-state index contributed by atoms with van der Waals surface area (Å²) >= 11 is 0. The van der Waals surface area contributed by atoms with E-state index >= 15 is 0 Å². The molecule has 2 rings (SSSR count). The Kier molecular flexibility index (Phi) is 3.57. The molecule has 2 aromatic rings. The van der Waals surface area contributed by atoms with Crippen LogP contribution in [0, 0.1) is 0 Å². The summed E-state index contributed by atoms with van der Waals surface area (Å²) in [5.74, 6) is 0.831. The Labute approximate surface area is 105 Å². The first-order valence-electron chi connectivity index (χ1n) is 5.58. The first-order valence-corrected chi connectivity index (χ1v) is 5.58. The maximum absolute atomic E-state index is 9.48. The van der Waals surface area contributed by atoms with Gasteiger partial charge in [0.25, 0.3) is 0 Å². The van der Waals surface area contributed by atoms with E-state index in [0.717, 1.165) is 11.3 Å². The van der Waals surface area contributed by atoms with E-state index < -0.39 is 0 Å². The van der Waals surface area contributed by atoms with E-state index in [-0.39, 0.29) is 11.5 Å². The molecule has 4 heteroatoms. The summed E-state index contributed by atoms with van der Waals surface area (Å²) in [5.41, 5.74) is 1.91. The van der Waals surface area contributed by atoms with Gasteiger partial charge in [-0.05, 0) is 42.0 Å². The van der Waals surface area contributed by atoms with Crippen molar-refractivity contribution in [1.82, 2.24) is 0 Å². The van der Waals surface area contributed by atoms with Gasteiger partial charge in [0.15, 0.2) is 11.5 Å². The highest BCUT2D eigenvalue weighted by Crippen LogP contribution is 2.26. The summed E-state index contributed by atoms with van der Waals surface area (Å²) in [4.78, 5) is 0. The summed E-state index contributed by atoms with van der Waals surface area (Å²) in [5, 5.41) is 21.9. The van der Waals surface area contributed by atoms with Gasteiger partial charge < -0.3 is 20.3 Å². The Morgan fingerprint density at radius 2 is 1.78 bits per heavy atom. The van der Waals surface area contributed by atoms with Gasteiger partial charge >= 0.3 is 0 Å². The fraction of sp³-hybridized carbons (Fsp3) is 0.143. The summed E-state index contributed by atoms with van der Waals surface area (Å²) in [6.45, 7) is 0.613. The Morgan fingerprint density at radius 1 is 1.06 bits per heavy atom. The third kappa shape index (κ3) is 2.85. The third-order valence-corrected chi connectivity index (χ3v) is 2.61. The number of rotatable bonds is 4. The van der Waals surface area contributed by atoms with Crippen molar-refractivity contribution in [3.8, 4) is 17.2 Å². The molecule has 0 radical (unpaired) electrons. The molecule has 0 heterocycles. The van der Waals surface area contributed by atoms with E-state index in [0.29, 0.717) is 12.3 Å². The van der Waals surface area contributed by atoms with Crippen LogP contribution in [0.25, 0.3) is 0 Å². The van der Waals surface area contributed by atoms with Crippen LogP contribution in [0.15, 0.2) is 42.5 Å². The molecular formula is C14H15NO3. The van der Waals surface area contributed by atoms with Crippen molar-refractivity contribution in [1.29, 1.82) is 0 Å². The third-order valence-electron chi connectivity index (χ3n) is 2.61. The second-order valence-corrected chi connectivity index (χ2v) is 3.91. The molecule has 94 valence electrons. The van der Waals surface area contributed by atoms with Gasteiger partial charge in [-0.1, -0.05) is 6.07 Å². The Balaban J connectivity index is 2.04. The van der Waals surface area contributed by atoms with Crippen LogP contribution in [0.5, 0.6) is 17.2 Å². The van der Waals surface area contributed by atoms with E-state index in [1.54, 1.807) is 36.4 Å². The monoisotopic (exact) mass is 245 g/mol. The molecule has 0 spiro atoms. The lowest BCUT2D eigenvalue weighted by Crippen LogP contribution is -1.99. The van der Waals surface area contributed by atoms with Crippen LogP contribution in [0.4, 0.5) is 5.69 Å². The topological polar surface area (TPSA) is 61.7 Å². The van der Waals surface area contributed by atoms with Crippen LogP contribution in [0.2, 0.25) is 0 Å². The van der Waals surface area contributed by atoms with Gasteiger partial charge in [-0.25, -0.2) is 0 Å². The fourth-order valence-electron chi connectivity index (χ4n) is 1.62. The molecule has 0 saturated carbocycles. The average Bonchev–Trinajstić information content (AvgIpc) is 2.39. The van der Waals surface area contributed by atoms with Gasteiger partial charge in [-0.3, -0.25) is 0 Å². The number of phenols is 2. The predicted octanol–water partition coefficient (Wildman–Crippen LogP) is 2.72. The van der Waals surface area contributed by atoms with Crippen LogP contribution in [0.1, 0.15) is 5.56 Å². The maximum atomic E-state index is 9.48. The largest absolute Gasteiger partial charge is 0.508 e. The van der Waals surface area contributed by atoms with E-state index in [1.807, 2.05) is 6.07 Å². The number of hydrogen-bond acceptors (Lipinski definition) is 4. The molecule has 0 unspecified atom stereocenters. The zero-order valence-corrected chi connectivity index (χ0v) is 10.1. The van der Waals surface area contributed by atoms with Gasteiger partial charge in [-0.2, -0.15) is 0 Å². The molecule has 0 aromatic heterocycles. The van der Waals surface area contributed by atoms with Gasteiger partial charge in [0.1, 0.15) is 5.75 Å². The maximum Gasteiger partial charge on any atom is 0.160 e. The van der Waals surface area contributed by atoms with Crippen LogP contribution in [-0.4, -0.2) is 17.3 Å². The molecule has 2 aromatic carbocycles. The number of aromatic hydroxyl groups is 2. The summed E-state index contributed by atoms with van der Waals surface area (Å²) in [7, 11) is 1.52. The molecule has 0 fully saturated rings. The van der Waals surface area contributed by atoms with Gasteiger partial charge in [0.05, 0.1) is 7.11 Å². The SMILES string of the molecule is COc1cc(CNc2ccc(O)cc2)ccc1O. The van der Waals surface area contributed by atoms with Crippen molar-refractivity contribution in [3.05, 3.63) is 48.0 Å². The average molecular weight is 245 g/mol. The number of ether oxygens (including phenoxy) is 1. The smallest absolute Gasteiger partial charge is 0.160 e. The van der Waals surface area contributed by atoms with E-state index in [2.05, 4.69) is 5.32 Å². The summed E-state index contributed by atoms with van der Waals surface area (Å²) < 4.78 is 5.04. The highest BCUT2D eigenvalue weighted by atomic mass is 16.5. The van der Waals surface area contributed by atoms with Crippen molar-refractivity contribution >= 4 is 5.69 Å². The van der Waals surface area contributed by atoms with Gasteiger partial charge in [-0.15, -0.1) is 0 Å². The fourth-order valence-corrected chi connectivity index (χ4v) is 1.62. The van der Waals surface area contributed by atoms with Crippen molar-refractivity contribution in [3.63, 3.8) is 0 Å². The normalized spacial score (nSPS) is 10.1. The molecule has 0 aliphatic carbocycles. The molecule has 0 atom stereocenters. The molecular weight excluding hydrogens is 230 g/mol. The van der Waals surface area contributed by atoms with Crippen molar-refractivity contribution in [2.24, 2.45) is 0 Å². The van der Waals surface area contributed by atoms with Gasteiger partial charge in [0.2, 0.25) is 0 Å². The molecule has 3 N–H and O–H groups in total. The minimum atomic E-state index is 0.130. The van der Waals surface area contributed by atoms with Crippen LogP contribution in [-0.2, 0) is 6.54 Å². The second kappa shape index (κ2) is 5.31. The van der Waals surface area contributed by atoms with Crippen LogP contribution < -0.4 is 10.1 Å². The minimum absolute atomic E-state index is 0.130. The predicted molar refractivity (Wildman–Crippen MR) is 70.1 cm³/mol. The second-order valence-electron chi connectivity index (χ2n) is 3.91. The zero-order chi connectivity index (χ0) is 13.0. The lowest BCUT2D eigenvalue weighted by molar-refractivity contribution is 0.373. The van der Waals surface area contributed by atoms with Crippen LogP contribution >= 0.6 is 0 Å². The standard InChI is InChI=1S/C14H15NO3/c1-18-14-8-10(2-7-13(14)17)9-15-11-3-5-12(16)6-4-11/h2-8,15-17H,9H2,1H3. The molecule has 0 bridgehead atoms. The molecule has 0 saturated heterocycles. The van der Waals surface area contributed by atoms with E-state index in [4.69, 9.17) is 9.84 Å². The molecule has 0 aliphatic rings. The summed E-state index contributed by atoms with van der Waals surface area (Å²) in [6, 6.07) is 12.1. The molecule has 0 aliphatic heterocycles. The Morgan fingerprint density at radius 3 is 2.44 bits per heavy atom. The minimum Gasteiger partial charge on any atom is -0.508 e. The highest BCUT2D eigenvalue weighted by molar-refractivity contribution is 5.48. The number of phenolic OH excluding ortho intramolecular Hbond substituents is 2. The lowest BCUT2D eigenvalue weighted by atomic mass is 10.2. The van der Waals surface area contributed by atoms with E-state index in [1.165, 1.54) is 7.11 Å². The van der Waals surface area contributed by atoms with Gasteiger partial charge in [0, 0.05) is 12.2 Å². The lowest BCUT2D eigenvalue weighted by Gasteiger charge is -2.09. The number of anilines is 1. The molecule has 0 amide bonds. The number of hydrogen-bond donors (Lipinski definition) is 3. The highest BCUT2D eigenvalue weighted by Gasteiger charge is 2.02.